The topological polar surface area (TPSA) is 38.7 Å². The minimum absolute atomic E-state index is 0.357. The van der Waals surface area contributed by atoms with Crippen LogP contribution in [0.4, 0.5) is 0 Å². The number of esters is 1. The van der Waals surface area contributed by atoms with Crippen LogP contribution in [0, 0.1) is 0 Å². The van der Waals surface area contributed by atoms with Gasteiger partial charge in [-0.1, -0.05) is 0 Å². The number of rotatable bonds is 1. The molecule has 0 aromatic heterocycles. The number of hydrogen-bond acceptors (Lipinski definition) is 3. The van der Waals surface area contributed by atoms with Crippen LogP contribution in [0.1, 0.15) is 0 Å². The number of cyclic esters (lactones) is 1. The average molecular weight is 319 g/mol. The van der Waals surface area contributed by atoms with Crippen molar-refractivity contribution >= 4 is 16.4 Å². The monoisotopic (exact) mass is 319 g/mol. The Kier molecular flexibility index (Phi) is 2.66. The summed E-state index contributed by atoms with van der Waals surface area (Å²) in [5, 5.41) is 0. The zero-order valence-electron chi connectivity index (χ0n) is 5.61. The second kappa shape index (κ2) is 3.53. The van der Waals surface area contributed by atoms with Gasteiger partial charge in [0.25, 0.3) is 0 Å². The van der Waals surface area contributed by atoms with Crippen molar-refractivity contribution < 1.29 is 28.9 Å². The molecule has 0 aliphatic carbocycles. The van der Waals surface area contributed by atoms with Gasteiger partial charge in [0.1, 0.15) is 0 Å². The maximum absolute atomic E-state index is 11.0. The molecule has 0 amide bonds. The Morgan fingerprint density at radius 2 is 2.45 bits per heavy atom. The molecule has 0 atom stereocenters. The standard InChI is InChI=1S/C7H5NO2.W/c1-2-3-6-4-8-5-10-7(6)9;/h2-3,5H,1H2;/b6-3+;. The van der Waals surface area contributed by atoms with Crippen molar-refractivity contribution in [2.24, 2.45) is 4.99 Å². The van der Waals surface area contributed by atoms with E-state index in [0.717, 1.165) is 29.8 Å². The van der Waals surface area contributed by atoms with Crippen LogP contribution in [0.25, 0.3) is 0 Å². The summed E-state index contributed by atoms with van der Waals surface area (Å²) in [6.45, 7) is 3.48. The second-order valence-corrected chi connectivity index (χ2v) is 3.15. The number of nitrogens with zero attached hydrogens (tertiary/aromatic N) is 1. The SMILES string of the molecule is C=C/C=C1/C(=O)OC=N[C]1=[W]. The summed E-state index contributed by atoms with van der Waals surface area (Å²) < 4.78 is 5.30. The summed E-state index contributed by atoms with van der Waals surface area (Å²) in [6, 6.07) is 0. The van der Waals surface area contributed by atoms with Gasteiger partial charge < -0.3 is 0 Å². The first kappa shape index (κ1) is 8.28. The Hall–Kier alpha value is -0.822. The first-order valence-electron chi connectivity index (χ1n) is 2.86. The van der Waals surface area contributed by atoms with Crippen molar-refractivity contribution in [1.29, 1.82) is 0 Å². The van der Waals surface area contributed by atoms with Crippen LogP contribution in [0.15, 0.2) is 29.3 Å². The van der Waals surface area contributed by atoms with Crippen molar-refractivity contribution in [1.82, 2.24) is 0 Å². The molecule has 1 rings (SSSR count). The van der Waals surface area contributed by atoms with E-state index in [2.05, 4.69) is 16.3 Å². The van der Waals surface area contributed by atoms with Gasteiger partial charge in [-0.3, -0.25) is 0 Å². The van der Waals surface area contributed by atoms with Gasteiger partial charge in [-0.05, 0) is 0 Å². The van der Waals surface area contributed by atoms with E-state index in [1.54, 1.807) is 12.2 Å². The Morgan fingerprint density at radius 3 is 3.00 bits per heavy atom. The maximum atomic E-state index is 11.0. The van der Waals surface area contributed by atoms with Crippen LogP contribution in [-0.2, 0) is 28.9 Å². The molecular formula is C7H5NO2W. The first-order chi connectivity index (χ1) is 5.25. The predicted molar refractivity (Wildman–Crippen MR) is 37.9 cm³/mol. The molecule has 0 aromatic rings. The molecule has 0 N–H and O–H groups in total. The van der Waals surface area contributed by atoms with Crippen LogP contribution in [0.3, 0.4) is 0 Å². The van der Waals surface area contributed by atoms with Crippen LogP contribution in [0.5, 0.6) is 0 Å². The molecule has 11 heavy (non-hydrogen) atoms. The van der Waals surface area contributed by atoms with Crippen LogP contribution in [-0.4, -0.2) is 16.4 Å². The number of carbonyl (C=O) groups is 1. The number of allylic oxidation sites excluding steroid dienone is 2. The summed E-state index contributed by atoms with van der Waals surface area (Å²) in [7, 11) is 0. The molecule has 1 heterocycles. The molecule has 4 heteroatoms. The molecule has 1 aliphatic rings. The zero-order valence-corrected chi connectivity index (χ0v) is 8.54. The third-order valence-electron chi connectivity index (χ3n) is 1.06. The van der Waals surface area contributed by atoms with Gasteiger partial charge in [-0.2, -0.15) is 0 Å². The zero-order chi connectivity index (χ0) is 8.27. The summed E-state index contributed by atoms with van der Waals surface area (Å²) in [6.07, 6.45) is 4.30. The number of aliphatic imine (C=N–C) groups is 1. The molecular weight excluding hydrogens is 314 g/mol. The average Bonchev–Trinajstić information content (AvgIpc) is 1.97. The van der Waals surface area contributed by atoms with E-state index in [1.807, 2.05) is 0 Å². The van der Waals surface area contributed by atoms with Gasteiger partial charge in [0.05, 0.1) is 0 Å². The Labute approximate surface area is 74.9 Å². The molecule has 0 bridgehead atoms. The summed E-state index contributed by atoms with van der Waals surface area (Å²) in [4.78, 5) is 14.8. The molecule has 0 radical (unpaired) electrons. The van der Waals surface area contributed by atoms with E-state index in [9.17, 15) is 4.79 Å². The second-order valence-electron chi connectivity index (χ2n) is 1.76. The van der Waals surface area contributed by atoms with Gasteiger partial charge >= 0.3 is 74.6 Å². The third kappa shape index (κ3) is 1.81. The summed E-state index contributed by atoms with van der Waals surface area (Å²) in [5.41, 5.74) is 0.498. The Bertz CT molecular complexity index is 278. The minimum atomic E-state index is -0.357. The fourth-order valence-electron chi connectivity index (χ4n) is 0.600. The molecule has 0 fully saturated rings. The normalized spacial score (nSPS) is 20.2. The van der Waals surface area contributed by atoms with Crippen molar-refractivity contribution in [3.05, 3.63) is 24.3 Å². The van der Waals surface area contributed by atoms with Gasteiger partial charge in [0.15, 0.2) is 0 Å². The van der Waals surface area contributed by atoms with E-state index < -0.39 is 0 Å². The number of hydrogen-bond donors (Lipinski definition) is 0. The molecule has 0 aromatic carbocycles. The number of ether oxygens (including phenoxy) is 1. The van der Waals surface area contributed by atoms with Crippen LogP contribution < -0.4 is 0 Å². The van der Waals surface area contributed by atoms with E-state index in [4.69, 9.17) is 0 Å². The van der Waals surface area contributed by atoms with Gasteiger partial charge in [0, 0.05) is 0 Å². The molecule has 0 saturated carbocycles. The molecule has 1 aliphatic heterocycles. The van der Waals surface area contributed by atoms with E-state index in [0.29, 0.717) is 5.57 Å². The first-order valence-corrected chi connectivity index (χ1v) is 4.33. The van der Waals surface area contributed by atoms with Gasteiger partial charge in [-0.15, -0.1) is 0 Å². The van der Waals surface area contributed by atoms with E-state index in [-0.39, 0.29) is 5.97 Å². The molecule has 0 unspecified atom stereocenters. The van der Waals surface area contributed by atoms with Crippen molar-refractivity contribution in [3.8, 4) is 0 Å². The van der Waals surface area contributed by atoms with Crippen LogP contribution in [0.2, 0.25) is 0 Å². The third-order valence-corrected chi connectivity index (χ3v) is 2.23. The quantitative estimate of drug-likeness (QED) is 0.517. The van der Waals surface area contributed by atoms with E-state index in [1.165, 1.54) is 0 Å². The Morgan fingerprint density at radius 1 is 1.73 bits per heavy atom. The molecule has 56 valence electrons. The van der Waals surface area contributed by atoms with Crippen molar-refractivity contribution in [2.75, 3.05) is 0 Å². The van der Waals surface area contributed by atoms with Crippen molar-refractivity contribution in [3.63, 3.8) is 0 Å². The fourth-order valence-corrected chi connectivity index (χ4v) is 1.30. The van der Waals surface area contributed by atoms with Crippen LogP contribution >= 0.6 is 0 Å². The number of carbonyl (C=O) groups excluding carboxylic acids is 1. The summed E-state index contributed by atoms with van der Waals surface area (Å²) in [5.74, 6) is -0.357. The Balaban J connectivity index is 3.01. The molecule has 0 saturated heterocycles. The van der Waals surface area contributed by atoms with Gasteiger partial charge in [0.2, 0.25) is 0 Å². The van der Waals surface area contributed by atoms with Crippen molar-refractivity contribution in [2.45, 2.75) is 0 Å². The fraction of sp³-hybridized carbons (Fsp3) is 0. The summed E-state index contributed by atoms with van der Waals surface area (Å²) >= 11 is 1.14. The molecule has 0 spiro atoms. The predicted octanol–water partition coefficient (Wildman–Crippen LogP) is 0.361. The molecule has 3 nitrogen and oxygen atoms in total. The van der Waals surface area contributed by atoms with E-state index >= 15 is 0 Å². The van der Waals surface area contributed by atoms with Gasteiger partial charge in [-0.25, -0.2) is 0 Å².